The number of nitrogens with two attached hydrogens (primary N) is 1. The highest BCUT2D eigenvalue weighted by Crippen LogP contribution is 2.25. The number of benzene rings is 1. The fourth-order valence-corrected chi connectivity index (χ4v) is 1.89. The Kier molecular flexibility index (Phi) is 4.96. The average molecular weight is 254 g/mol. The fourth-order valence-electron chi connectivity index (χ4n) is 1.89. The van der Waals surface area contributed by atoms with Crippen molar-refractivity contribution in [2.24, 2.45) is 11.1 Å². The summed E-state index contributed by atoms with van der Waals surface area (Å²) in [5, 5.41) is 3.15. The number of hydrogen-bond donors (Lipinski definition) is 2. The first-order chi connectivity index (χ1) is 8.35. The molecule has 0 spiro atoms. The highest BCUT2D eigenvalue weighted by Gasteiger charge is 2.18. The topological polar surface area (TPSA) is 47.3 Å². The predicted octanol–water partition coefficient (Wildman–Crippen LogP) is 3.01. The molecule has 3 nitrogen and oxygen atoms in total. The van der Waals surface area contributed by atoms with Gasteiger partial charge in [0.05, 0.1) is 12.8 Å². The van der Waals surface area contributed by atoms with Crippen molar-refractivity contribution < 1.29 is 9.13 Å². The molecule has 0 saturated heterocycles. The molecular weight excluding hydrogens is 231 g/mol. The van der Waals surface area contributed by atoms with E-state index in [2.05, 4.69) is 26.1 Å². The first-order valence-electron chi connectivity index (χ1n) is 6.16. The first-order valence-corrected chi connectivity index (χ1v) is 6.16. The number of anilines is 1. The van der Waals surface area contributed by atoms with Gasteiger partial charge in [-0.15, -0.1) is 0 Å². The molecule has 0 fully saturated rings. The highest BCUT2D eigenvalue weighted by atomic mass is 19.1. The third-order valence-corrected chi connectivity index (χ3v) is 2.68. The van der Waals surface area contributed by atoms with Gasteiger partial charge in [0.15, 0.2) is 0 Å². The van der Waals surface area contributed by atoms with Gasteiger partial charge >= 0.3 is 0 Å². The molecule has 1 atom stereocenters. The molecule has 1 unspecified atom stereocenters. The summed E-state index contributed by atoms with van der Waals surface area (Å²) in [6, 6.07) is 4.69. The molecule has 1 aromatic carbocycles. The van der Waals surface area contributed by atoms with E-state index in [0.717, 1.165) is 6.42 Å². The van der Waals surface area contributed by atoms with Gasteiger partial charge in [0.1, 0.15) is 11.6 Å². The van der Waals surface area contributed by atoms with Crippen molar-refractivity contribution in [3.05, 3.63) is 24.0 Å². The van der Waals surface area contributed by atoms with Crippen molar-refractivity contribution in [3.8, 4) is 5.75 Å². The van der Waals surface area contributed by atoms with Gasteiger partial charge in [-0.3, -0.25) is 0 Å². The molecule has 0 aliphatic rings. The Labute approximate surface area is 109 Å². The summed E-state index contributed by atoms with van der Waals surface area (Å²) in [6.45, 7) is 6.88. The molecule has 102 valence electrons. The standard InChI is InChI=1S/C14H23FN2O/c1-14(2,3)8-10(9-16)17-13-7-11(18-4)5-6-12(13)15/h5-7,10,17H,8-9,16H2,1-4H3. The maximum absolute atomic E-state index is 13.7. The summed E-state index contributed by atoms with van der Waals surface area (Å²) >= 11 is 0. The Bertz CT molecular complexity index is 388. The Hall–Kier alpha value is -1.29. The lowest BCUT2D eigenvalue weighted by molar-refractivity contribution is 0.351. The Morgan fingerprint density at radius 1 is 1.39 bits per heavy atom. The number of hydrogen-bond acceptors (Lipinski definition) is 3. The van der Waals surface area contributed by atoms with Crippen molar-refractivity contribution in [2.75, 3.05) is 19.0 Å². The summed E-state index contributed by atoms with van der Waals surface area (Å²) in [5.74, 6) is 0.341. The van der Waals surface area contributed by atoms with Crippen LogP contribution in [0, 0.1) is 11.2 Å². The molecule has 0 aliphatic carbocycles. The van der Waals surface area contributed by atoms with Gasteiger partial charge in [0.25, 0.3) is 0 Å². The summed E-state index contributed by atoms with van der Waals surface area (Å²) in [6.07, 6.45) is 0.875. The molecule has 0 bridgehead atoms. The summed E-state index contributed by atoms with van der Waals surface area (Å²) in [7, 11) is 1.56. The number of halogens is 1. The van der Waals surface area contributed by atoms with Crippen LogP contribution < -0.4 is 15.8 Å². The van der Waals surface area contributed by atoms with E-state index in [1.807, 2.05) is 0 Å². The van der Waals surface area contributed by atoms with Crippen LogP contribution >= 0.6 is 0 Å². The van der Waals surface area contributed by atoms with Gasteiger partial charge in [0, 0.05) is 18.7 Å². The molecule has 4 heteroatoms. The molecule has 0 amide bonds. The summed E-state index contributed by atoms with van der Waals surface area (Å²) in [5.41, 5.74) is 6.32. The van der Waals surface area contributed by atoms with Gasteiger partial charge in [-0.05, 0) is 24.0 Å². The van der Waals surface area contributed by atoms with Crippen molar-refractivity contribution in [3.63, 3.8) is 0 Å². The minimum absolute atomic E-state index is 0.0478. The second kappa shape index (κ2) is 6.05. The average Bonchev–Trinajstić information content (AvgIpc) is 2.29. The number of rotatable bonds is 5. The van der Waals surface area contributed by atoms with Gasteiger partial charge in [-0.1, -0.05) is 20.8 Å². The van der Waals surface area contributed by atoms with Crippen LogP contribution in [-0.4, -0.2) is 19.7 Å². The van der Waals surface area contributed by atoms with Crippen LogP contribution in [0.25, 0.3) is 0 Å². The number of methoxy groups -OCH3 is 1. The van der Waals surface area contributed by atoms with E-state index >= 15 is 0 Å². The predicted molar refractivity (Wildman–Crippen MR) is 73.5 cm³/mol. The van der Waals surface area contributed by atoms with Crippen molar-refractivity contribution in [1.82, 2.24) is 0 Å². The lowest BCUT2D eigenvalue weighted by Crippen LogP contribution is -2.33. The third kappa shape index (κ3) is 4.53. The number of nitrogens with one attached hydrogen (secondary N) is 1. The van der Waals surface area contributed by atoms with Gasteiger partial charge in [-0.2, -0.15) is 0 Å². The zero-order chi connectivity index (χ0) is 13.8. The molecule has 0 saturated carbocycles. The third-order valence-electron chi connectivity index (χ3n) is 2.68. The zero-order valence-corrected chi connectivity index (χ0v) is 11.6. The van der Waals surface area contributed by atoms with Gasteiger partial charge < -0.3 is 15.8 Å². The Morgan fingerprint density at radius 2 is 2.06 bits per heavy atom. The molecule has 0 aliphatic heterocycles. The number of ether oxygens (including phenoxy) is 1. The molecule has 1 aromatic rings. The summed E-state index contributed by atoms with van der Waals surface area (Å²) in [4.78, 5) is 0. The minimum Gasteiger partial charge on any atom is -0.497 e. The van der Waals surface area contributed by atoms with Crippen LogP contribution in [0.2, 0.25) is 0 Å². The molecule has 0 heterocycles. The highest BCUT2D eigenvalue weighted by molar-refractivity contribution is 5.50. The first kappa shape index (κ1) is 14.8. The second-order valence-electron chi connectivity index (χ2n) is 5.69. The van der Waals surface area contributed by atoms with Gasteiger partial charge in [0.2, 0.25) is 0 Å². The van der Waals surface area contributed by atoms with Crippen molar-refractivity contribution in [2.45, 2.75) is 33.2 Å². The van der Waals surface area contributed by atoms with Crippen molar-refractivity contribution in [1.29, 1.82) is 0 Å². The van der Waals surface area contributed by atoms with E-state index in [1.165, 1.54) is 6.07 Å². The second-order valence-corrected chi connectivity index (χ2v) is 5.69. The van der Waals surface area contributed by atoms with E-state index in [-0.39, 0.29) is 17.3 Å². The lowest BCUT2D eigenvalue weighted by atomic mass is 9.88. The smallest absolute Gasteiger partial charge is 0.146 e. The maximum Gasteiger partial charge on any atom is 0.146 e. The maximum atomic E-state index is 13.7. The van der Waals surface area contributed by atoms with E-state index in [0.29, 0.717) is 18.0 Å². The lowest BCUT2D eigenvalue weighted by Gasteiger charge is -2.26. The largest absolute Gasteiger partial charge is 0.497 e. The molecule has 0 radical (unpaired) electrons. The molecule has 3 N–H and O–H groups in total. The van der Waals surface area contributed by atoms with Crippen LogP contribution in [0.4, 0.5) is 10.1 Å². The van der Waals surface area contributed by atoms with Crippen molar-refractivity contribution >= 4 is 5.69 Å². The van der Waals surface area contributed by atoms with Crippen LogP contribution in [0.15, 0.2) is 18.2 Å². The normalized spacial score (nSPS) is 13.2. The van der Waals surface area contributed by atoms with Crippen LogP contribution in [0.1, 0.15) is 27.2 Å². The molecule has 0 aromatic heterocycles. The molecule has 1 rings (SSSR count). The zero-order valence-electron chi connectivity index (χ0n) is 11.6. The Balaban J connectivity index is 2.81. The fraction of sp³-hybridized carbons (Fsp3) is 0.571. The van der Waals surface area contributed by atoms with Crippen LogP contribution in [-0.2, 0) is 0 Å². The Morgan fingerprint density at radius 3 is 2.56 bits per heavy atom. The monoisotopic (exact) mass is 254 g/mol. The molecular formula is C14H23FN2O. The summed E-state index contributed by atoms with van der Waals surface area (Å²) < 4.78 is 18.8. The van der Waals surface area contributed by atoms with Crippen LogP contribution in [0.5, 0.6) is 5.75 Å². The van der Waals surface area contributed by atoms with E-state index in [9.17, 15) is 4.39 Å². The molecule has 18 heavy (non-hydrogen) atoms. The van der Waals surface area contributed by atoms with E-state index in [1.54, 1.807) is 19.2 Å². The van der Waals surface area contributed by atoms with Gasteiger partial charge in [-0.25, -0.2) is 4.39 Å². The quantitative estimate of drug-likeness (QED) is 0.849. The minimum atomic E-state index is -0.289. The van der Waals surface area contributed by atoms with Crippen LogP contribution in [0.3, 0.4) is 0 Å². The van der Waals surface area contributed by atoms with E-state index < -0.39 is 0 Å². The SMILES string of the molecule is COc1ccc(F)c(NC(CN)CC(C)(C)C)c1. The van der Waals surface area contributed by atoms with E-state index in [4.69, 9.17) is 10.5 Å².